The summed E-state index contributed by atoms with van der Waals surface area (Å²) in [6.07, 6.45) is -2.81. The van der Waals surface area contributed by atoms with E-state index in [2.05, 4.69) is 21.2 Å². The van der Waals surface area contributed by atoms with E-state index in [4.69, 9.17) is 4.74 Å². The third-order valence-electron chi connectivity index (χ3n) is 2.07. The Morgan fingerprint density at radius 1 is 1.38 bits per heavy atom. The highest BCUT2D eigenvalue weighted by Gasteiger charge is 2.16. The van der Waals surface area contributed by atoms with Gasteiger partial charge in [0.1, 0.15) is 6.61 Å². The number of hydrogen-bond acceptors (Lipinski definition) is 2. The van der Waals surface area contributed by atoms with Crippen molar-refractivity contribution in [2.75, 3.05) is 20.2 Å². The number of ether oxygens (including phenoxy) is 1. The third-order valence-corrected chi connectivity index (χ3v) is 2.79. The molecule has 0 aliphatic rings. The zero-order chi connectivity index (χ0) is 12.0. The van der Waals surface area contributed by atoms with Gasteiger partial charge in [-0.15, -0.1) is 0 Å². The minimum absolute atomic E-state index is 0.366. The number of hydrogen-bond donors (Lipinski definition) is 1. The molecule has 1 aromatic carbocycles. The Labute approximate surface area is 102 Å². The number of benzene rings is 1. The first-order valence-electron chi connectivity index (χ1n) is 4.94. The summed E-state index contributed by atoms with van der Waals surface area (Å²) < 4.78 is 30.2. The Hall–Kier alpha value is -0.520. The minimum atomic E-state index is -2.44. The van der Waals surface area contributed by atoms with Crippen molar-refractivity contribution < 1.29 is 13.5 Å². The van der Waals surface area contributed by atoms with Gasteiger partial charge in [-0.05, 0) is 18.7 Å². The van der Waals surface area contributed by atoms with E-state index in [1.807, 2.05) is 24.3 Å². The monoisotopic (exact) mass is 293 g/mol. The highest BCUT2D eigenvalue weighted by atomic mass is 79.9. The highest BCUT2D eigenvalue weighted by molar-refractivity contribution is 9.10. The first kappa shape index (κ1) is 13.5. The molecule has 0 aliphatic carbocycles. The third kappa shape index (κ3) is 4.15. The Morgan fingerprint density at radius 3 is 2.62 bits per heavy atom. The minimum Gasteiger partial charge on any atom is -0.366 e. The summed E-state index contributed by atoms with van der Waals surface area (Å²) >= 11 is 3.38. The molecule has 0 bridgehead atoms. The molecule has 1 rings (SSSR count). The molecule has 5 heteroatoms. The topological polar surface area (TPSA) is 21.3 Å². The molecule has 0 aliphatic heterocycles. The first-order valence-corrected chi connectivity index (χ1v) is 5.73. The molecule has 0 spiro atoms. The van der Waals surface area contributed by atoms with Gasteiger partial charge in [-0.3, -0.25) is 0 Å². The molecule has 2 nitrogen and oxygen atoms in total. The van der Waals surface area contributed by atoms with Gasteiger partial charge in [0.05, 0.1) is 6.10 Å². The lowest BCUT2D eigenvalue weighted by molar-refractivity contribution is -0.0242. The van der Waals surface area contributed by atoms with Crippen molar-refractivity contribution in [3.63, 3.8) is 0 Å². The Kier molecular flexibility index (Phi) is 5.87. The summed E-state index contributed by atoms with van der Waals surface area (Å²) in [6, 6.07) is 7.45. The van der Waals surface area contributed by atoms with Crippen LogP contribution >= 0.6 is 15.9 Å². The molecule has 16 heavy (non-hydrogen) atoms. The molecule has 0 aromatic heterocycles. The molecule has 0 saturated carbocycles. The molecule has 0 radical (unpaired) electrons. The van der Waals surface area contributed by atoms with Gasteiger partial charge in [0, 0.05) is 11.0 Å². The van der Waals surface area contributed by atoms with Gasteiger partial charge >= 0.3 is 0 Å². The quantitative estimate of drug-likeness (QED) is 0.871. The van der Waals surface area contributed by atoms with Crippen LogP contribution in [0.15, 0.2) is 28.7 Å². The van der Waals surface area contributed by atoms with Gasteiger partial charge in [-0.1, -0.05) is 34.1 Å². The Morgan fingerprint density at radius 2 is 2.06 bits per heavy atom. The van der Waals surface area contributed by atoms with E-state index >= 15 is 0 Å². The summed E-state index contributed by atoms with van der Waals surface area (Å²) in [4.78, 5) is 0. The van der Waals surface area contributed by atoms with E-state index in [1.54, 1.807) is 7.05 Å². The zero-order valence-corrected chi connectivity index (χ0v) is 10.5. The molecule has 1 aromatic rings. The van der Waals surface area contributed by atoms with Crippen molar-refractivity contribution in [3.05, 3.63) is 34.3 Å². The summed E-state index contributed by atoms with van der Waals surface area (Å²) in [5.41, 5.74) is 0.873. The van der Waals surface area contributed by atoms with Crippen LogP contribution in [0.25, 0.3) is 0 Å². The smallest absolute Gasteiger partial charge is 0.261 e. The fraction of sp³-hybridized carbons (Fsp3) is 0.455. The van der Waals surface area contributed by atoms with Crippen LogP contribution in [0.1, 0.15) is 11.7 Å². The van der Waals surface area contributed by atoms with E-state index in [-0.39, 0.29) is 6.10 Å². The average molecular weight is 294 g/mol. The molecule has 90 valence electrons. The van der Waals surface area contributed by atoms with Gasteiger partial charge in [0.25, 0.3) is 6.43 Å². The number of halogens is 3. The summed E-state index contributed by atoms with van der Waals surface area (Å²) in [6.45, 7) is -0.0526. The Balaban J connectivity index is 2.73. The van der Waals surface area contributed by atoms with Crippen molar-refractivity contribution >= 4 is 15.9 Å². The van der Waals surface area contributed by atoms with Crippen LogP contribution in [0.3, 0.4) is 0 Å². The maximum absolute atomic E-state index is 12.1. The van der Waals surface area contributed by atoms with Gasteiger partial charge < -0.3 is 10.1 Å². The highest BCUT2D eigenvalue weighted by Crippen LogP contribution is 2.25. The number of likely N-dealkylation sites (N-methyl/N-ethyl adjacent to an activating group) is 1. The largest absolute Gasteiger partial charge is 0.366 e. The summed E-state index contributed by atoms with van der Waals surface area (Å²) in [7, 11) is 1.76. The van der Waals surface area contributed by atoms with Crippen LogP contribution < -0.4 is 5.32 Å². The molecule has 1 unspecified atom stereocenters. The van der Waals surface area contributed by atoms with E-state index in [1.165, 1.54) is 0 Å². The van der Waals surface area contributed by atoms with Crippen molar-refractivity contribution in [1.82, 2.24) is 5.32 Å². The Bertz CT molecular complexity index is 323. The standard InChI is InChI=1S/C11H14BrF2NO/c1-15-6-10(16-7-11(13)14)8-4-2-3-5-9(8)12/h2-5,10-11,15H,6-7H2,1H3. The average Bonchev–Trinajstić information content (AvgIpc) is 2.25. The number of alkyl halides is 2. The number of rotatable bonds is 6. The van der Waals surface area contributed by atoms with Crippen LogP contribution in [0, 0.1) is 0 Å². The van der Waals surface area contributed by atoms with Gasteiger partial charge in [-0.25, -0.2) is 8.78 Å². The van der Waals surface area contributed by atoms with E-state index in [0.717, 1.165) is 10.0 Å². The molecule has 0 saturated heterocycles. The van der Waals surface area contributed by atoms with Crippen molar-refractivity contribution in [3.8, 4) is 0 Å². The lowest BCUT2D eigenvalue weighted by Crippen LogP contribution is -2.22. The molecule has 1 N–H and O–H groups in total. The normalized spacial score (nSPS) is 13.1. The van der Waals surface area contributed by atoms with Crippen LogP contribution in [0.4, 0.5) is 8.78 Å². The molecule has 0 heterocycles. The maximum atomic E-state index is 12.1. The van der Waals surface area contributed by atoms with E-state index in [0.29, 0.717) is 6.54 Å². The zero-order valence-electron chi connectivity index (χ0n) is 8.92. The van der Waals surface area contributed by atoms with Gasteiger partial charge in [-0.2, -0.15) is 0 Å². The maximum Gasteiger partial charge on any atom is 0.261 e. The molecule has 0 amide bonds. The van der Waals surface area contributed by atoms with Crippen molar-refractivity contribution in [2.24, 2.45) is 0 Å². The molecular weight excluding hydrogens is 280 g/mol. The van der Waals surface area contributed by atoms with E-state index in [9.17, 15) is 8.78 Å². The van der Waals surface area contributed by atoms with Crippen LogP contribution in [0.2, 0.25) is 0 Å². The second-order valence-corrected chi connectivity index (χ2v) is 4.15. The summed E-state index contributed by atoms with van der Waals surface area (Å²) in [5, 5.41) is 2.93. The predicted octanol–water partition coefficient (Wildman–Crippen LogP) is 2.99. The molecule has 1 atom stereocenters. The van der Waals surface area contributed by atoms with Crippen LogP contribution in [-0.4, -0.2) is 26.6 Å². The van der Waals surface area contributed by atoms with E-state index < -0.39 is 13.0 Å². The fourth-order valence-electron chi connectivity index (χ4n) is 1.37. The van der Waals surface area contributed by atoms with Crippen LogP contribution in [0.5, 0.6) is 0 Å². The van der Waals surface area contributed by atoms with Gasteiger partial charge in [0.15, 0.2) is 0 Å². The molecular formula is C11H14BrF2NO. The number of nitrogens with one attached hydrogen (secondary N) is 1. The fourth-order valence-corrected chi connectivity index (χ4v) is 1.91. The second-order valence-electron chi connectivity index (χ2n) is 3.29. The van der Waals surface area contributed by atoms with Gasteiger partial charge in [0.2, 0.25) is 0 Å². The first-order chi connectivity index (χ1) is 7.65. The molecule has 0 fully saturated rings. The predicted molar refractivity (Wildman–Crippen MR) is 62.8 cm³/mol. The summed E-state index contributed by atoms with van der Waals surface area (Å²) in [5.74, 6) is 0. The van der Waals surface area contributed by atoms with Crippen LogP contribution in [-0.2, 0) is 4.74 Å². The van der Waals surface area contributed by atoms with Crippen molar-refractivity contribution in [2.45, 2.75) is 12.5 Å². The lowest BCUT2D eigenvalue weighted by atomic mass is 10.1. The van der Waals surface area contributed by atoms with Crippen molar-refractivity contribution in [1.29, 1.82) is 0 Å². The lowest BCUT2D eigenvalue weighted by Gasteiger charge is -2.19. The second kappa shape index (κ2) is 6.93. The SMILES string of the molecule is CNCC(OCC(F)F)c1ccccc1Br.